The van der Waals surface area contributed by atoms with Crippen molar-refractivity contribution in [2.45, 2.75) is 25.3 Å². The van der Waals surface area contributed by atoms with Crippen molar-refractivity contribution in [3.8, 4) is 0 Å². The van der Waals surface area contributed by atoms with Crippen molar-refractivity contribution in [2.24, 2.45) is 11.5 Å². The first kappa shape index (κ1) is 18.4. The molecule has 0 aliphatic heterocycles. The van der Waals surface area contributed by atoms with Gasteiger partial charge in [-0.15, -0.1) is 0 Å². The van der Waals surface area contributed by atoms with Crippen LogP contribution in [0.5, 0.6) is 0 Å². The van der Waals surface area contributed by atoms with E-state index in [2.05, 4.69) is 0 Å². The van der Waals surface area contributed by atoms with Crippen molar-refractivity contribution >= 4 is 17.9 Å². The second-order valence-corrected chi connectivity index (χ2v) is 3.24. The van der Waals surface area contributed by atoms with Gasteiger partial charge in [-0.2, -0.15) is 0 Å². The molecule has 0 aromatic carbocycles. The summed E-state index contributed by atoms with van der Waals surface area (Å²) in [6, 6.07) is -0.716. The van der Waals surface area contributed by atoms with Gasteiger partial charge < -0.3 is 26.8 Å². The van der Waals surface area contributed by atoms with Gasteiger partial charge in [-0.05, 0) is 19.4 Å². The Kier molecular flexibility index (Phi) is 11.8. The molecular weight excluding hydrogens is 244 g/mol. The van der Waals surface area contributed by atoms with E-state index in [0.29, 0.717) is 25.1 Å². The zero-order valence-corrected chi connectivity index (χ0v) is 9.78. The highest BCUT2D eigenvalue weighted by molar-refractivity contribution is 5.89. The van der Waals surface area contributed by atoms with Gasteiger partial charge in [0.1, 0.15) is 6.04 Å². The van der Waals surface area contributed by atoms with Crippen LogP contribution in [0.2, 0.25) is 0 Å². The van der Waals surface area contributed by atoms with Gasteiger partial charge in [0.2, 0.25) is 0 Å². The van der Waals surface area contributed by atoms with Gasteiger partial charge in [-0.25, -0.2) is 9.59 Å². The number of hydrogen-bond acceptors (Lipinski definition) is 5. The Hall–Kier alpha value is -1.93. The average molecular weight is 262 g/mol. The van der Waals surface area contributed by atoms with Gasteiger partial charge in [-0.1, -0.05) is 6.42 Å². The van der Waals surface area contributed by atoms with Gasteiger partial charge in [0.15, 0.2) is 0 Å². The summed E-state index contributed by atoms with van der Waals surface area (Å²) >= 11 is 0. The van der Waals surface area contributed by atoms with Crippen LogP contribution in [0.1, 0.15) is 19.3 Å². The molecule has 1 unspecified atom stereocenters. The molecule has 8 heteroatoms. The Morgan fingerprint density at radius 1 is 1.00 bits per heavy atom. The standard InChI is InChI=1S/C6H14N2O2.C4H4O4/c7-4-2-1-3-5(8)6(9)10;5-3(6)1-2-4(7)8/h5H,1-4,7-8H2,(H,9,10);1-2H,(H,5,6)(H,7,8)/b;2-1-. The van der Waals surface area contributed by atoms with Crippen molar-refractivity contribution in [3.63, 3.8) is 0 Å². The van der Waals surface area contributed by atoms with Gasteiger partial charge in [-0.3, -0.25) is 4.79 Å². The molecule has 18 heavy (non-hydrogen) atoms. The first-order valence-corrected chi connectivity index (χ1v) is 5.13. The molecule has 0 fully saturated rings. The van der Waals surface area contributed by atoms with Gasteiger partial charge in [0, 0.05) is 12.2 Å². The number of rotatable bonds is 7. The zero-order chi connectivity index (χ0) is 14.6. The lowest BCUT2D eigenvalue weighted by Crippen LogP contribution is -2.29. The first-order valence-electron chi connectivity index (χ1n) is 5.13. The maximum Gasteiger partial charge on any atom is 0.328 e. The third kappa shape index (κ3) is 16.5. The maximum absolute atomic E-state index is 10.1. The predicted molar refractivity (Wildman–Crippen MR) is 62.9 cm³/mol. The Morgan fingerprint density at radius 2 is 1.44 bits per heavy atom. The molecule has 0 aliphatic carbocycles. The quantitative estimate of drug-likeness (QED) is 0.295. The van der Waals surface area contributed by atoms with Crippen molar-refractivity contribution in [3.05, 3.63) is 12.2 Å². The molecule has 0 amide bonds. The fraction of sp³-hybridized carbons (Fsp3) is 0.500. The molecule has 104 valence electrons. The second-order valence-electron chi connectivity index (χ2n) is 3.24. The highest BCUT2D eigenvalue weighted by atomic mass is 16.4. The lowest BCUT2D eigenvalue weighted by Gasteiger charge is -2.03. The Labute approximate surface area is 104 Å². The van der Waals surface area contributed by atoms with Crippen molar-refractivity contribution in [2.75, 3.05) is 6.54 Å². The number of unbranched alkanes of at least 4 members (excludes halogenated alkanes) is 1. The van der Waals surface area contributed by atoms with Gasteiger partial charge in [0.05, 0.1) is 0 Å². The number of aliphatic carboxylic acids is 3. The van der Waals surface area contributed by atoms with Crippen LogP contribution in [0.15, 0.2) is 12.2 Å². The molecule has 0 heterocycles. The minimum Gasteiger partial charge on any atom is -0.480 e. The normalized spacial score (nSPS) is 11.4. The lowest BCUT2D eigenvalue weighted by molar-refractivity contribution is -0.138. The summed E-state index contributed by atoms with van der Waals surface area (Å²) in [5, 5.41) is 23.9. The molecule has 0 radical (unpaired) electrons. The maximum atomic E-state index is 10.1. The second kappa shape index (κ2) is 11.6. The zero-order valence-electron chi connectivity index (χ0n) is 9.78. The Morgan fingerprint density at radius 3 is 1.72 bits per heavy atom. The van der Waals surface area contributed by atoms with E-state index in [9.17, 15) is 14.4 Å². The van der Waals surface area contributed by atoms with E-state index >= 15 is 0 Å². The van der Waals surface area contributed by atoms with Crippen LogP contribution in [0.4, 0.5) is 0 Å². The van der Waals surface area contributed by atoms with E-state index in [0.717, 1.165) is 12.8 Å². The number of carboxylic acid groups (broad SMARTS) is 3. The Balaban J connectivity index is 0. The molecule has 1 atom stereocenters. The van der Waals surface area contributed by atoms with E-state index in [1.54, 1.807) is 0 Å². The van der Waals surface area contributed by atoms with E-state index < -0.39 is 23.9 Å². The molecule has 0 saturated heterocycles. The molecule has 0 bridgehead atoms. The predicted octanol–water partition coefficient (Wildman–Crippen LogP) is -0.761. The molecular formula is C10H18N2O6. The van der Waals surface area contributed by atoms with Crippen LogP contribution >= 0.6 is 0 Å². The summed E-state index contributed by atoms with van der Waals surface area (Å²) in [6.07, 6.45) is 3.28. The molecule has 0 aromatic heterocycles. The van der Waals surface area contributed by atoms with E-state index in [4.69, 9.17) is 26.8 Å². The molecule has 7 N–H and O–H groups in total. The summed E-state index contributed by atoms with van der Waals surface area (Å²) in [5.41, 5.74) is 10.4. The monoisotopic (exact) mass is 262 g/mol. The SMILES string of the molecule is NCCCCC(N)C(=O)O.O=C(O)/C=C\C(=O)O. The summed E-state index contributed by atoms with van der Waals surface area (Å²) in [4.78, 5) is 29.2. The fourth-order valence-electron chi connectivity index (χ4n) is 0.775. The third-order valence-corrected chi connectivity index (χ3v) is 1.65. The van der Waals surface area contributed by atoms with Crippen molar-refractivity contribution in [1.82, 2.24) is 0 Å². The molecule has 0 saturated carbocycles. The van der Waals surface area contributed by atoms with Gasteiger partial charge in [0.25, 0.3) is 0 Å². The molecule has 0 aliphatic rings. The number of hydrogen-bond donors (Lipinski definition) is 5. The van der Waals surface area contributed by atoms with Crippen molar-refractivity contribution in [1.29, 1.82) is 0 Å². The summed E-state index contributed by atoms with van der Waals surface area (Å²) < 4.78 is 0. The highest BCUT2D eigenvalue weighted by Crippen LogP contribution is 1.96. The minimum atomic E-state index is -1.26. The fourth-order valence-corrected chi connectivity index (χ4v) is 0.775. The molecule has 0 rings (SSSR count). The number of carbonyl (C=O) groups is 3. The van der Waals surface area contributed by atoms with Crippen LogP contribution in [-0.4, -0.2) is 45.8 Å². The lowest BCUT2D eigenvalue weighted by atomic mass is 10.1. The number of carboxylic acids is 3. The van der Waals surface area contributed by atoms with Crippen LogP contribution in [0, 0.1) is 0 Å². The van der Waals surface area contributed by atoms with Crippen LogP contribution in [0.25, 0.3) is 0 Å². The van der Waals surface area contributed by atoms with E-state index in [-0.39, 0.29) is 0 Å². The number of nitrogens with two attached hydrogens (primary N) is 2. The average Bonchev–Trinajstić information content (AvgIpc) is 2.27. The third-order valence-electron chi connectivity index (χ3n) is 1.65. The summed E-state index contributed by atoms with van der Waals surface area (Å²) in [6.45, 7) is 0.604. The molecule has 0 aromatic rings. The van der Waals surface area contributed by atoms with Gasteiger partial charge >= 0.3 is 17.9 Å². The highest BCUT2D eigenvalue weighted by Gasteiger charge is 2.09. The first-order chi connectivity index (χ1) is 8.31. The largest absolute Gasteiger partial charge is 0.480 e. The van der Waals surface area contributed by atoms with Crippen LogP contribution in [-0.2, 0) is 14.4 Å². The van der Waals surface area contributed by atoms with Crippen LogP contribution in [0.3, 0.4) is 0 Å². The minimum absolute atomic E-state index is 0.520. The molecule has 8 nitrogen and oxygen atoms in total. The van der Waals surface area contributed by atoms with E-state index in [1.807, 2.05) is 0 Å². The van der Waals surface area contributed by atoms with E-state index in [1.165, 1.54) is 0 Å². The smallest absolute Gasteiger partial charge is 0.328 e. The van der Waals surface area contributed by atoms with Crippen LogP contribution < -0.4 is 11.5 Å². The summed E-state index contributed by atoms with van der Waals surface area (Å²) in [5.74, 6) is -3.45. The Bertz CT molecular complexity index is 287. The molecule has 0 spiro atoms. The summed E-state index contributed by atoms with van der Waals surface area (Å²) in [7, 11) is 0. The topological polar surface area (TPSA) is 164 Å². The van der Waals surface area contributed by atoms with Crippen molar-refractivity contribution < 1.29 is 29.7 Å².